The maximum Gasteiger partial charge on any atom is 0.418 e. The summed E-state index contributed by atoms with van der Waals surface area (Å²) < 4.78 is 79.3. The van der Waals surface area contributed by atoms with Gasteiger partial charge in [0.05, 0.1) is 16.6 Å². The molecule has 0 fully saturated rings. The minimum Gasteiger partial charge on any atom is -0.354 e. The highest BCUT2D eigenvalue weighted by molar-refractivity contribution is 6.04. The molecule has 192 valence electrons. The highest BCUT2D eigenvalue weighted by Gasteiger charge is 2.34. The van der Waals surface area contributed by atoms with Gasteiger partial charge in [0.1, 0.15) is 5.69 Å². The van der Waals surface area contributed by atoms with Gasteiger partial charge in [0, 0.05) is 24.5 Å². The van der Waals surface area contributed by atoms with Crippen molar-refractivity contribution in [2.75, 3.05) is 7.05 Å². The molecule has 0 atom stereocenters. The molecule has 0 radical (unpaired) electrons. The lowest BCUT2D eigenvalue weighted by atomic mass is 9.98. The molecule has 4 rings (SSSR count). The number of amides is 2. The maximum atomic E-state index is 13.5. The quantitative estimate of drug-likeness (QED) is 0.276. The van der Waals surface area contributed by atoms with Crippen molar-refractivity contribution >= 4 is 22.7 Å². The van der Waals surface area contributed by atoms with Crippen LogP contribution in [0.15, 0.2) is 66.7 Å². The molecule has 0 saturated carbocycles. The Balaban J connectivity index is 1.59. The lowest BCUT2D eigenvalue weighted by Gasteiger charge is -2.12. The van der Waals surface area contributed by atoms with Crippen molar-refractivity contribution in [1.82, 2.24) is 15.6 Å². The average molecular weight is 519 g/mol. The van der Waals surface area contributed by atoms with Crippen molar-refractivity contribution in [3.63, 3.8) is 0 Å². The third-order valence-corrected chi connectivity index (χ3v) is 5.74. The van der Waals surface area contributed by atoms with Crippen LogP contribution in [-0.4, -0.2) is 23.8 Å². The summed E-state index contributed by atoms with van der Waals surface area (Å²) >= 11 is 0. The highest BCUT2D eigenvalue weighted by atomic mass is 19.4. The van der Waals surface area contributed by atoms with Gasteiger partial charge in [0.25, 0.3) is 11.8 Å². The van der Waals surface area contributed by atoms with Crippen molar-refractivity contribution in [1.29, 1.82) is 0 Å². The van der Waals surface area contributed by atoms with E-state index in [9.17, 15) is 35.9 Å². The van der Waals surface area contributed by atoms with Crippen molar-refractivity contribution in [3.8, 4) is 11.1 Å². The van der Waals surface area contributed by atoms with E-state index < -0.39 is 35.3 Å². The first kappa shape index (κ1) is 25.8. The molecule has 37 heavy (non-hydrogen) atoms. The summed E-state index contributed by atoms with van der Waals surface area (Å²) in [7, 11) is 1.36. The van der Waals surface area contributed by atoms with E-state index in [2.05, 4.69) is 15.6 Å². The fourth-order valence-corrected chi connectivity index (χ4v) is 3.91. The smallest absolute Gasteiger partial charge is 0.354 e. The van der Waals surface area contributed by atoms with Crippen molar-refractivity contribution in [3.05, 3.63) is 94.7 Å². The van der Waals surface area contributed by atoms with Crippen molar-refractivity contribution in [2.24, 2.45) is 0 Å². The molecule has 0 unspecified atom stereocenters. The Morgan fingerprint density at radius 3 is 2.16 bits per heavy atom. The van der Waals surface area contributed by atoms with Gasteiger partial charge in [-0.05, 0) is 53.1 Å². The minimum absolute atomic E-state index is 0.0407. The van der Waals surface area contributed by atoms with Gasteiger partial charge in [-0.2, -0.15) is 26.3 Å². The van der Waals surface area contributed by atoms with Crippen LogP contribution in [0.3, 0.4) is 0 Å². The number of H-pyrrole nitrogens is 1. The number of aromatic nitrogens is 1. The van der Waals surface area contributed by atoms with Gasteiger partial charge in [0.15, 0.2) is 0 Å². The number of hydrogen-bond acceptors (Lipinski definition) is 2. The summed E-state index contributed by atoms with van der Waals surface area (Å²) in [6, 6.07) is 14.1. The number of benzene rings is 3. The molecular formula is C26H19F6N3O2. The summed E-state index contributed by atoms with van der Waals surface area (Å²) in [5.74, 6) is -1.12. The van der Waals surface area contributed by atoms with Gasteiger partial charge >= 0.3 is 12.4 Å². The first-order valence-corrected chi connectivity index (χ1v) is 10.9. The average Bonchev–Trinajstić information content (AvgIpc) is 3.31. The second-order valence-electron chi connectivity index (χ2n) is 8.17. The van der Waals surface area contributed by atoms with Crippen LogP contribution in [0.5, 0.6) is 0 Å². The predicted octanol–water partition coefficient (Wildman–Crippen LogP) is 6.16. The number of aromatic amines is 1. The number of rotatable bonds is 5. The van der Waals surface area contributed by atoms with E-state index in [4.69, 9.17) is 0 Å². The second kappa shape index (κ2) is 9.64. The first-order valence-electron chi connectivity index (χ1n) is 10.9. The van der Waals surface area contributed by atoms with Crippen LogP contribution in [0, 0.1) is 0 Å². The predicted molar refractivity (Wildman–Crippen MR) is 125 cm³/mol. The normalized spacial score (nSPS) is 12.0. The number of carbonyl (C=O) groups is 2. The number of halogens is 6. The number of carbonyl (C=O) groups excluding carboxylic acids is 2. The Morgan fingerprint density at radius 2 is 1.54 bits per heavy atom. The molecule has 1 heterocycles. The summed E-state index contributed by atoms with van der Waals surface area (Å²) in [6.07, 6.45) is -9.15. The van der Waals surface area contributed by atoms with E-state index in [1.807, 2.05) is 0 Å². The molecule has 3 N–H and O–H groups in total. The van der Waals surface area contributed by atoms with Crippen molar-refractivity contribution in [2.45, 2.75) is 18.9 Å². The van der Waals surface area contributed by atoms with Gasteiger partial charge in [-0.15, -0.1) is 0 Å². The molecule has 11 heteroatoms. The van der Waals surface area contributed by atoms with Crippen LogP contribution in [0.25, 0.3) is 22.0 Å². The van der Waals surface area contributed by atoms with E-state index in [0.717, 1.165) is 18.2 Å². The molecule has 0 saturated heterocycles. The van der Waals surface area contributed by atoms with Crippen LogP contribution >= 0.6 is 0 Å². The maximum absolute atomic E-state index is 13.5. The SMILES string of the molecule is CNC(=O)c1cc2c(-c3ccc(C(=O)NCc4cccc(C(F)(F)F)c4)cc3)ccc(C(F)(F)F)c2[nH]1. The first-order chi connectivity index (χ1) is 17.4. The van der Waals surface area contributed by atoms with Crippen LogP contribution in [0.2, 0.25) is 0 Å². The van der Waals surface area contributed by atoms with Gasteiger partial charge in [-0.25, -0.2) is 0 Å². The van der Waals surface area contributed by atoms with E-state index in [-0.39, 0.29) is 34.3 Å². The minimum atomic E-state index is -4.65. The standard InChI is InChI=1S/C26H19F6N3O2/c1-33-24(37)21-12-19-18(9-10-20(22(19)35-21)26(30,31)32)15-5-7-16(8-6-15)23(36)34-13-14-3-2-4-17(11-14)25(27,28)29/h2-12,35H,13H2,1H3,(H,33,37)(H,34,36). The third kappa shape index (κ3) is 5.45. The molecule has 2 amide bonds. The molecule has 3 aromatic carbocycles. The van der Waals surface area contributed by atoms with Gasteiger partial charge in [-0.1, -0.05) is 30.3 Å². The van der Waals surface area contributed by atoms with Crippen LogP contribution in [0.4, 0.5) is 26.3 Å². The zero-order valence-electron chi connectivity index (χ0n) is 19.1. The molecule has 0 aliphatic heterocycles. The molecule has 4 aromatic rings. The number of nitrogens with one attached hydrogen (secondary N) is 3. The summed E-state index contributed by atoms with van der Waals surface area (Å²) in [5, 5.41) is 5.09. The van der Waals surface area contributed by atoms with Gasteiger partial charge < -0.3 is 15.6 Å². The lowest BCUT2D eigenvalue weighted by molar-refractivity contribution is -0.138. The summed E-state index contributed by atoms with van der Waals surface area (Å²) in [5.41, 5.74) is -0.651. The monoisotopic (exact) mass is 519 g/mol. The summed E-state index contributed by atoms with van der Waals surface area (Å²) in [6.45, 7) is -0.129. The summed E-state index contributed by atoms with van der Waals surface area (Å²) in [4.78, 5) is 27.1. The zero-order valence-corrected chi connectivity index (χ0v) is 19.1. The molecular weight excluding hydrogens is 500 g/mol. The van der Waals surface area contributed by atoms with Crippen LogP contribution in [0.1, 0.15) is 37.5 Å². The van der Waals surface area contributed by atoms with Crippen LogP contribution < -0.4 is 10.6 Å². The van der Waals surface area contributed by atoms with E-state index >= 15 is 0 Å². The zero-order chi connectivity index (χ0) is 27.0. The largest absolute Gasteiger partial charge is 0.418 e. The number of alkyl halides is 6. The lowest BCUT2D eigenvalue weighted by Crippen LogP contribution is -2.23. The van der Waals surface area contributed by atoms with Crippen LogP contribution in [-0.2, 0) is 18.9 Å². The second-order valence-corrected chi connectivity index (χ2v) is 8.17. The Morgan fingerprint density at radius 1 is 0.838 bits per heavy atom. The van der Waals surface area contributed by atoms with E-state index in [1.165, 1.54) is 55.6 Å². The fourth-order valence-electron chi connectivity index (χ4n) is 3.91. The van der Waals surface area contributed by atoms with E-state index in [1.54, 1.807) is 0 Å². The number of hydrogen-bond donors (Lipinski definition) is 3. The Bertz CT molecular complexity index is 1470. The molecule has 0 aliphatic rings. The third-order valence-electron chi connectivity index (χ3n) is 5.74. The van der Waals surface area contributed by atoms with Crippen molar-refractivity contribution < 1.29 is 35.9 Å². The fraction of sp³-hybridized carbons (Fsp3) is 0.154. The Kier molecular flexibility index (Phi) is 6.72. The Hall–Kier alpha value is -4.28. The topological polar surface area (TPSA) is 74.0 Å². The molecule has 0 bridgehead atoms. The van der Waals surface area contributed by atoms with E-state index in [0.29, 0.717) is 11.1 Å². The number of fused-ring (bicyclic) bond motifs is 1. The molecule has 0 aliphatic carbocycles. The van der Waals surface area contributed by atoms with Gasteiger partial charge in [0.2, 0.25) is 0 Å². The molecule has 0 spiro atoms. The highest BCUT2D eigenvalue weighted by Crippen LogP contribution is 2.39. The molecule has 5 nitrogen and oxygen atoms in total. The van der Waals surface area contributed by atoms with Gasteiger partial charge in [-0.3, -0.25) is 9.59 Å². The molecule has 1 aromatic heterocycles. The Labute approximate surface area is 206 Å².